The van der Waals surface area contributed by atoms with Crippen LogP contribution < -0.4 is 4.18 Å². The molecule has 4 rings (SSSR count). The number of fused-ring (bicyclic) bond motifs is 1. The van der Waals surface area contributed by atoms with Crippen molar-refractivity contribution in [3.8, 4) is 11.8 Å². The molecule has 1 N–H and O–H groups in total. The van der Waals surface area contributed by atoms with E-state index in [4.69, 9.17) is 39.0 Å². The van der Waals surface area contributed by atoms with Gasteiger partial charge in [-0.25, -0.2) is 4.98 Å². The zero-order valence-electron chi connectivity index (χ0n) is 16.0. The quantitative estimate of drug-likeness (QED) is 0.252. The molecular formula is C22H12Cl3N3O3S. The maximum atomic E-state index is 12.8. The lowest BCUT2D eigenvalue weighted by molar-refractivity contribution is 0.485. The Morgan fingerprint density at radius 3 is 2.44 bits per heavy atom. The molecule has 0 saturated carbocycles. The van der Waals surface area contributed by atoms with E-state index in [0.29, 0.717) is 16.4 Å². The standard InChI is InChI=1S/C22H12Cl3N3O3S/c23-15-5-7-17(8-6-15)32(29,30)31-21-13(10-16(24)11-18(21)25)9-14(12-26)22-27-19-3-1-2-4-20(19)28-22/h1-11H,(H,27,28)/b14-9+. The predicted molar refractivity (Wildman–Crippen MR) is 125 cm³/mol. The zero-order chi connectivity index (χ0) is 22.9. The van der Waals surface area contributed by atoms with E-state index in [-0.39, 0.29) is 31.8 Å². The molecule has 3 aromatic carbocycles. The highest BCUT2D eigenvalue weighted by Gasteiger charge is 2.22. The van der Waals surface area contributed by atoms with E-state index in [1.807, 2.05) is 18.2 Å². The van der Waals surface area contributed by atoms with Gasteiger partial charge in [0.1, 0.15) is 16.8 Å². The second-order valence-electron chi connectivity index (χ2n) is 6.57. The van der Waals surface area contributed by atoms with Gasteiger partial charge in [-0.2, -0.15) is 13.7 Å². The smallest absolute Gasteiger partial charge is 0.339 e. The number of nitriles is 1. The average Bonchev–Trinajstić information content (AvgIpc) is 3.18. The topological polar surface area (TPSA) is 95.8 Å². The van der Waals surface area contributed by atoms with Crippen molar-refractivity contribution in [3.63, 3.8) is 0 Å². The first-order valence-corrected chi connectivity index (χ1v) is 11.6. The molecule has 1 aromatic heterocycles. The highest BCUT2D eigenvalue weighted by Crippen LogP contribution is 2.36. The average molecular weight is 505 g/mol. The number of rotatable bonds is 5. The molecule has 0 aliphatic carbocycles. The number of H-pyrrole nitrogens is 1. The van der Waals surface area contributed by atoms with Crippen molar-refractivity contribution in [1.82, 2.24) is 9.97 Å². The molecule has 10 heteroatoms. The van der Waals surface area contributed by atoms with Crippen LogP contribution in [0.4, 0.5) is 0 Å². The molecular weight excluding hydrogens is 493 g/mol. The van der Waals surface area contributed by atoms with Gasteiger partial charge in [-0.1, -0.05) is 46.9 Å². The Kier molecular flexibility index (Phi) is 6.13. The molecule has 0 aliphatic rings. The first-order chi connectivity index (χ1) is 15.3. The number of nitrogens with zero attached hydrogens (tertiary/aromatic N) is 2. The van der Waals surface area contributed by atoms with Crippen LogP contribution in [0.2, 0.25) is 15.1 Å². The first-order valence-electron chi connectivity index (χ1n) is 9.03. The van der Waals surface area contributed by atoms with Crippen LogP contribution >= 0.6 is 34.8 Å². The molecule has 160 valence electrons. The fourth-order valence-electron chi connectivity index (χ4n) is 2.92. The van der Waals surface area contributed by atoms with Crippen LogP contribution in [0.3, 0.4) is 0 Å². The number of para-hydroxylation sites is 2. The SMILES string of the molecule is N#C/C(=C\c1cc(Cl)cc(Cl)c1OS(=O)(=O)c1ccc(Cl)cc1)c1nc2ccccc2[nH]1. The van der Waals surface area contributed by atoms with Crippen LogP contribution in [0.15, 0.2) is 65.6 Å². The normalized spacial score (nSPS) is 12.0. The summed E-state index contributed by atoms with van der Waals surface area (Å²) >= 11 is 18.2. The second-order valence-corrected chi connectivity index (χ2v) is 9.40. The summed E-state index contributed by atoms with van der Waals surface area (Å²) in [5.41, 5.74) is 1.74. The van der Waals surface area contributed by atoms with Gasteiger partial charge < -0.3 is 9.17 Å². The van der Waals surface area contributed by atoms with E-state index in [1.54, 1.807) is 6.07 Å². The number of allylic oxidation sites excluding steroid dienone is 1. The fraction of sp³-hybridized carbons (Fsp3) is 0. The highest BCUT2D eigenvalue weighted by molar-refractivity contribution is 7.87. The van der Waals surface area contributed by atoms with Crippen molar-refractivity contribution in [2.45, 2.75) is 4.90 Å². The minimum Gasteiger partial charge on any atom is -0.377 e. The number of nitrogens with one attached hydrogen (secondary N) is 1. The van der Waals surface area contributed by atoms with Gasteiger partial charge in [0, 0.05) is 15.6 Å². The van der Waals surface area contributed by atoms with Crippen LogP contribution in [0, 0.1) is 11.3 Å². The number of hydrogen-bond donors (Lipinski definition) is 1. The number of aromatic nitrogens is 2. The molecule has 0 bridgehead atoms. The summed E-state index contributed by atoms with van der Waals surface area (Å²) in [6.07, 6.45) is 1.40. The first kappa shape index (κ1) is 22.2. The van der Waals surface area contributed by atoms with Gasteiger partial charge in [-0.05, 0) is 54.6 Å². The maximum Gasteiger partial charge on any atom is 0.339 e. The fourth-order valence-corrected chi connectivity index (χ4v) is 4.61. The molecule has 0 atom stereocenters. The Bertz CT molecular complexity index is 1470. The van der Waals surface area contributed by atoms with E-state index < -0.39 is 10.1 Å². The summed E-state index contributed by atoms with van der Waals surface area (Å²) in [6.45, 7) is 0. The lowest BCUT2D eigenvalue weighted by Crippen LogP contribution is -2.11. The molecule has 0 saturated heterocycles. The molecule has 4 aromatic rings. The van der Waals surface area contributed by atoms with Gasteiger partial charge in [0.25, 0.3) is 0 Å². The predicted octanol–water partition coefficient (Wildman–Crippen LogP) is 6.35. The summed E-state index contributed by atoms with van der Waals surface area (Å²) < 4.78 is 30.9. The summed E-state index contributed by atoms with van der Waals surface area (Å²) in [4.78, 5) is 7.35. The van der Waals surface area contributed by atoms with Crippen molar-refractivity contribution in [2.24, 2.45) is 0 Å². The largest absolute Gasteiger partial charge is 0.377 e. The van der Waals surface area contributed by atoms with Crippen molar-refractivity contribution >= 4 is 67.6 Å². The molecule has 0 aliphatic heterocycles. The van der Waals surface area contributed by atoms with Crippen molar-refractivity contribution < 1.29 is 12.6 Å². The van der Waals surface area contributed by atoms with Crippen LogP contribution in [-0.2, 0) is 10.1 Å². The summed E-state index contributed by atoms with van der Waals surface area (Å²) in [5.74, 6) is 0.131. The van der Waals surface area contributed by atoms with Crippen LogP contribution in [-0.4, -0.2) is 18.4 Å². The van der Waals surface area contributed by atoms with E-state index >= 15 is 0 Å². The zero-order valence-corrected chi connectivity index (χ0v) is 19.1. The van der Waals surface area contributed by atoms with Crippen molar-refractivity contribution in [3.05, 3.63) is 87.1 Å². The number of aromatic amines is 1. The maximum absolute atomic E-state index is 12.8. The third-order valence-electron chi connectivity index (χ3n) is 4.40. The van der Waals surface area contributed by atoms with Gasteiger partial charge in [-0.15, -0.1) is 0 Å². The van der Waals surface area contributed by atoms with Crippen LogP contribution in [0.5, 0.6) is 5.75 Å². The van der Waals surface area contributed by atoms with Gasteiger partial charge in [0.2, 0.25) is 0 Å². The van der Waals surface area contributed by atoms with Gasteiger partial charge in [0.05, 0.1) is 21.6 Å². The monoisotopic (exact) mass is 503 g/mol. The Morgan fingerprint density at radius 1 is 1.03 bits per heavy atom. The van der Waals surface area contributed by atoms with Crippen LogP contribution in [0.25, 0.3) is 22.7 Å². The van der Waals surface area contributed by atoms with Gasteiger partial charge in [0.15, 0.2) is 5.75 Å². The number of hydrogen-bond acceptors (Lipinski definition) is 5. The Hall–Kier alpha value is -3.02. The van der Waals surface area contributed by atoms with E-state index in [9.17, 15) is 13.7 Å². The minimum atomic E-state index is -4.24. The number of halogens is 3. The van der Waals surface area contributed by atoms with Crippen molar-refractivity contribution in [2.75, 3.05) is 0 Å². The molecule has 1 heterocycles. The molecule has 0 unspecified atom stereocenters. The number of imidazole rings is 1. The molecule has 0 fully saturated rings. The Morgan fingerprint density at radius 2 is 1.75 bits per heavy atom. The molecule has 32 heavy (non-hydrogen) atoms. The molecule has 0 spiro atoms. The van der Waals surface area contributed by atoms with Gasteiger partial charge in [-0.3, -0.25) is 0 Å². The Labute approximate surface area is 198 Å². The second kappa shape index (κ2) is 8.85. The van der Waals surface area contributed by atoms with E-state index in [1.165, 1.54) is 42.5 Å². The minimum absolute atomic E-state index is 0.0387. The Balaban J connectivity index is 1.80. The van der Waals surface area contributed by atoms with Crippen LogP contribution in [0.1, 0.15) is 11.4 Å². The van der Waals surface area contributed by atoms with E-state index in [0.717, 1.165) is 5.52 Å². The summed E-state index contributed by atoms with van der Waals surface area (Å²) in [5, 5.41) is 10.3. The lowest BCUT2D eigenvalue weighted by Gasteiger charge is -2.12. The highest BCUT2D eigenvalue weighted by atomic mass is 35.5. The van der Waals surface area contributed by atoms with Gasteiger partial charge >= 0.3 is 10.1 Å². The van der Waals surface area contributed by atoms with Crippen molar-refractivity contribution in [1.29, 1.82) is 5.26 Å². The summed E-state index contributed by atoms with van der Waals surface area (Å²) in [6, 6.07) is 17.6. The number of benzene rings is 3. The summed E-state index contributed by atoms with van der Waals surface area (Å²) in [7, 11) is -4.24. The lowest BCUT2D eigenvalue weighted by atomic mass is 10.1. The molecule has 0 amide bonds. The third kappa shape index (κ3) is 4.59. The molecule has 6 nitrogen and oxygen atoms in total. The molecule has 0 radical (unpaired) electrons. The van der Waals surface area contributed by atoms with E-state index in [2.05, 4.69) is 16.0 Å². The third-order valence-corrected chi connectivity index (χ3v) is 6.38.